The Bertz CT molecular complexity index is 1180. The van der Waals surface area contributed by atoms with Crippen LogP contribution in [-0.4, -0.2) is 49.5 Å². The van der Waals surface area contributed by atoms with Gasteiger partial charge in [0.25, 0.3) is 11.8 Å². The van der Waals surface area contributed by atoms with Gasteiger partial charge in [0.1, 0.15) is 11.6 Å². The summed E-state index contributed by atoms with van der Waals surface area (Å²) >= 11 is 6.52. The van der Waals surface area contributed by atoms with Crippen molar-refractivity contribution in [2.24, 2.45) is 0 Å². The van der Waals surface area contributed by atoms with Crippen LogP contribution in [0.1, 0.15) is 34.1 Å². The van der Waals surface area contributed by atoms with E-state index in [1.807, 2.05) is 30.0 Å². The number of carbonyl (C=O) groups excluding carboxylic acids is 2. The molecule has 0 bridgehead atoms. The maximum Gasteiger partial charge on any atom is 0.255 e. The fourth-order valence-corrected chi connectivity index (χ4v) is 4.19. The van der Waals surface area contributed by atoms with Gasteiger partial charge in [0, 0.05) is 43.0 Å². The summed E-state index contributed by atoms with van der Waals surface area (Å²) in [5, 5.41) is 3.28. The van der Waals surface area contributed by atoms with E-state index >= 15 is 0 Å². The van der Waals surface area contributed by atoms with Crippen LogP contribution in [0.2, 0.25) is 5.02 Å². The molecule has 0 saturated carbocycles. The van der Waals surface area contributed by atoms with Gasteiger partial charge < -0.3 is 19.9 Å². The van der Waals surface area contributed by atoms with Gasteiger partial charge in [-0.05, 0) is 73.2 Å². The van der Waals surface area contributed by atoms with E-state index < -0.39 is 5.82 Å². The van der Waals surface area contributed by atoms with E-state index in [9.17, 15) is 14.0 Å². The summed E-state index contributed by atoms with van der Waals surface area (Å²) in [6.45, 7) is 5.14. The number of piperazine rings is 1. The summed E-state index contributed by atoms with van der Waals surface area (Å²) in [7, 11) is 0. The van der Waals surface area contributed by atoms with Crippen molar-refractivity contribution >= 4 is 34.8 Å². The second-order valence-corrected chi connectivity index (χ2v) is 8.69. The molecule has 1 aliphatic rings. The average Bonchev–Trinajstić information content (AvgIpc) is 2.88. The number of carbonyl (C=O) groups is 2. The molecule has 0 radical (unpaired) electrons. The standard InChI is InChI=1S/C27H27ClFN3O3/c1-2-17-35-23-10-5-20(6-11-23)27(34)32-15-13-31(14-16-32)25-12-9-22(18-24(25)28)30-26(33)19-3-7-21(29)8-4-19/h3-12,18H,2,13-17H2,1H3,(H,30,33). The minimum atomic E-state index is -0.398. The zero-order valence-corrected chi connectivity index (χ0v) is 20.2. The second kappa shape index (κ2) is 11.2. The number of ether oxygens (including phenoxy) is 1. The third kappa shape index (κ3) is 6.11. The molecular formula is C27H27ClFN3O3. The fourth-order valence-electron chi connectivity index (χ4n) is 3.89. The number of nitrogens with one attached hydrogen (secondary N) is 1. The minimum Gasteiger partial charge on any atom is -0.494 e. The van der Waals surface area contributed by atoms with E-state index in [0.717, 1.165) is 17.9 Å². The van der Waals surface area contributed by atoms with Gasteiger partial charge in [0.2, 0.25) is 0 Å². The lowest BCUT2D eigenvalue weighted by atomic mass is 10.1. The first-order chi connectivity index (χ1) is 16.9. The van der Waals surface area contributed by atoms with Crippen LogP contribution in [-0.2, 0) is 0 Å². The Morgan fingerprint density at radius 1 is 0.943 bits per heavy atom. The molecule has 0 unspecified atom stereocenters. The van der Waals surface area contributed by atoms with E-state index in [4.69, 9.17) is 16.3 Å². The maximum atomic E-state index is 13.1. The van der Waals surface area contributed by atoms with Gasteiger partial charge in [-0.3, -0.25) is 9.59 Å². The van der Waals surface area contributed by atoms with Gasteiger partial charge in [0.05, 0.1) is 17.3 Å². The maximum absolute atomic E-state index is 13.1. The molecule has 1 fully saturated rings. The lowest BCUT2D eigenvalue weighted by Crippen LogP contribution is -2.48. The highest BCUT2D eigenvalue weighted by Gasteiger charge is 2.23. The highest BCUT2D eigenvalue weighted by Crippen LogP contribution is 2.30. The molecule has 0 aromatic heterocycles. The monoisotopic (exact) mass is 495 g/mol. The number of nitrogens with zero attached hydrogens (tertiary/aromatic N) is 2. The van der Waals surface area contributed by atoms with Gasteiger partial charge in [-0.25, -0.2) is 4.39 Å². The van der Waals surface area contributed by atoms with Crippen LogP contribution in [0.3, 0.4) is 0 Å². The SMILES string of the molecule is CCCOc1ccc(C(=O)N2CCN(c3ccc(NC(=O)c4ccc(F)cc4)cc3Cl)CC2)cc1. The van der Waals surface area contributed by atoms with Crippen LogP contribution in [0.4, 0.5) is 15.8 Å². The molecule has 0 aliphatic carbocycles. The first-order valence-electron chi connectivity index (χ1n) is 11.6. The number of amides is 2. The highest BCUT2D eigenvalue weighted by molar-refractivity contribution is 6.33. The van der Waals surface area contributed by atoms with Crippen molar-refractivity contribution < 1.29 is 18.7 Å². The third-order valence-corrected chi connectivity index (χ3v) is 6.10. The Hall–Kier alpha value is -3.58. The number of rotatable bonds is 7. The number of hydrogen-bond donors (Lipinski definition) is 1. The van der Waals surface area contributed by atoms with Crippen molar-refractivity contribution in [3.8, 4) is 5.75 Å². The lowest BCUT2D eigenvalue weighted by molar-refractivity contribution is 0.0746. The number of hydrogen-bond acceptors (Lipinski definition) is 4. The van der Waals surface area contributed by atoms with Crippen LogP contribution >= 0.6 is 11.6 Å². The van der Waals surface area contributed by atoms with E-state index in [1.165, 1.54) is 24.3 Å². The van der Waals surface area contributed by atoms with Crippen LogP contribution < -0.4 is 15.0 Å². The smallest absolute Gasteiger partial charge is 0.255 e. The number of benzene rings is 3. The molecule has 1 saturated heterocycles. The van der Waals surface area contributed by atoms with Crippen molar-refractivity contribution in [2.45, 2.75) is 13.3 Å². The second-order valence-electron chi connectivity index (χ2n) is 8.28. The predicted molar refractivity (Wildman–Crippen MR) is 136 cm³/mol. The Morgan fingerprint density at radius 3 is 2.23 bits per heavy atom. The fraction of sp³-hybridized carbons (Fsp3) is 0.259. The Kier molecular flexibility index (Phi) is 7.87. The van der Waals surface area contributed by atoms with Gasteiger partial charge >= 0.3 is 0 Å². The number of halogens is 2. The normalized spacial score (nSPS) is 13.5. The average molecular weight is 496 g/mol. The molecule has 182 valence electrons. The molecule has 0 spiro atoms. The summed E-state index contributed by atoms with van der Waals surface area (Å²) in [6.07, 6.45) is 0.933. The number of anilines is 2. The van der Waals surface area contributed by atoms with E-state index in [-0.39, 0.29) is 11.8 Å². The first kappa shape index (κ1) is 24.5. The molecule has 2 amide bonds. The highest BCUT2D eigenvalue weighted by atomic mass is 35.5. The van der Waals surface area contributed by atoms with Crippen LogP contribution in [0, 0.1) is 5.82 Å². The molecule has 1 aliphatic heterocycles. The topological polar surface area (TPSA) is 61.9 Å². The van der Waals surface area contributed by atoms with Crippen LogP contribution in [0.15, 0.2) is 66.7 Å². The molecule has 1 N–H and O–H groups in total. The third-order valence-electron chi connectivity index (χ3n) is 5.79. The van der Waals surface area contributed by atoms with E-state index in [0.29, 0.717) is 54.6 Å². The van der Waals surface area contributed by atoms with Crippen molar-refractivity contribution in [3.05, 3.63) is 88.7 Å². The molecule has 3 aromatic carbocycles. The molecule has 4 rings (SSSR count). The summed E-state index contributed by atoms with van der Waals surface area (Å²) in [5.74, 6) is 0.0216. The summed E-state index contributed by atoms with van der Waals surface area (Å²) in [6, 6.07) is 17.9. The zero-order chi connectivity index (χ0) is 24.8. The van der Waals surface area contributed by atoms with Gasteiger partial charge in [-0.2, -0.15) is 0 Å². The summed E-state index contributed by atoms with van der Waals surface area (Å²) in [4.78, 5) is 29.2. The Labute approximate surface area is 209 Å². The van der Waals surface area contributed by atoms with Gasteiger partial charge in [-0.1, -0.05) is 18.5 Å². The van der Waals surface area contributed by atoms with E-state index in [1.54, 1.807) is 24.3 Å². The van der Waals surface area contributed by atoms with E-state index in [2.05, 4.69) is 10.2 Å². The van der Waals surface area contributed by atoms with Crippen molar-refractivity contribution in [1.29, 1.82) is 0 Å². The molecule has 0 atom stereocenters. The van der Waals surface area contributed by atoms with Crippen molar-refractivity contribution in [1.82, 2.24) is 4.90 Å². The molecular weight excluding hydrogens is 469 g/mol. The van der Waals surface area contributed by atoms with Crippen LogP contribution in [0.5, 0.6) is 5.75 Å². The van der Waals surface area contributed by atoms with Gasteiger partial charge in [-0.15, -0.1) is 0 Å². The molecule has 8 heteroatoms. The largest absolute Gasteiger partial charge is 0.494 e. The molecule has 6 nitrogen and oxygen atoms in total. The predicted octanol–water partition coefficient (Wildman–Crippen LogP) is 5.48. The Balaban J connectivity index is 1.33. The zero-order valence-electron chi connectivity index (χ0n) is 19.5. The summed E-state index contributed by atoms with van der Waals surface area (Å²) < 4.78 is 18.7. The minimum absolute atomic E-state index is 0.00311. The molecule has 35 heavy (non-hydrogen) atoms. The van der Waals surface area contributed by atoms with Crippen LogP contribution in [0.25, 0.3) is 0 Å². The van der Waals surface area contributed by atoms with Gasteiger partial charge in [0.15, 0.2) is 0 Å². The van der Waals surface area contributed by atoms with Crippen molar-refractivity contribution in [2.75, 3.05) is 43.0 Å². The summed E-state index contributed by atoms with van der Waals surface area (Å²) in [5.41, 5.74) is 2.39. The lowest BCUT2D eigenvalue weighted by Gasteiger charge is -2.36. The molecule has 3 aromatic rings. The van der Waals surface area contributed by atoms with Crippen molar-refractivity contribution in [3.63, 3.8) is 0 Å². The quantitative estimate of drug-likeness (QED) is 0.471. The molecule has 1 heterocycles. The first-order valence-corrected chi connectivity index (χ1v) is 12.0. The Morgan fingerprint density at radius 2 is 1.60 bits per heavy atom.